The van der Waals surface area contributed by atoms with Crippen molar-refractivity contribution in [3.63, 3.8) is 0 Å². The van der Waals surface area contributed by atoms with Crippen molar-refractivity contribution in [2.45, 2.75) is 13.8 Å². The van der Waals surface area contributed by atoms with Gasteiger partial charge in [0.1, 0.15) is 0 Å². The van der Waals surface area contributed by atoms with E-state index in [1.54, 1.807) is 0 Å². The van der Waals surface area contributed by atoms with Gasteiger partial charge in [0, 0.05) is 26.3 Å². The minimum absolute atomic E-state index is 0.317. The van der Waals surface area contributed by atoms with Gasteiger partial charge in [0.05, 0.1) is 13.2 Å². The van der Waals surface area contributed by atoms with E-state index in [2.05, 4.69) is 15.2 Å². The summed E-state index contributed by atoms with van der Waals surface area (Å²) in [7, 11) is 0. The molecule has 0 atom stereocenters. The average Bonchev–Trinajstić information content (AvgIpc) is 2.74. The quantitative estimate of drug-likeness (QED) is 0.605. The highest BCUT2D eigenvalue weighted by Crippen LogP contribution is 2.07. The Morgan fingerprint density at radius 3 is 2.18 bits per heavy atom. The van der Waals surface area contributed by atoms with Gasteiger partial charge in [-0.3, -0.25) is 0 Å². The Balaban J connectivity index is 2.46. The van der Waals surface area contributed by atoms with Crippen LogP contribution < -0.4 is 10.6 Å². The van der Waals surface area contributed by atoms with E-state index < -0.39 is 0 Å². The van der Waals surface area contributed by atoms with Gasteiger partial charge in [0.2, 0.25) is 11.9 Å². The van der Waals surface area contributed by atoms with Crippen LogP contribution in [0.4, 0.5) is 11.9 Å². The molecule has 0 fully saturated rings. The monoisotopic (exact) mass is 243 g/mol. The van der Waals surface area contributed by atoms with Crippen LogP contribution >= 0.6 is 0 Å². The summed E-state index contributed by atoms with van der Waals surface area (Å²) < 4.78 is 10.6. The molecule has 0 bridgehead atoms. The van der Waals surface area contributed by atoms with Crippen LogP contribution in [0.1, 0.15) is 13.8 Å². The van der Waals surface area contributed by atoms with Gasteiger partial charge >= 0.3 is 0 Å². The Labute approximate surface area is 101 Å². The van der Waals surface area contributed by atoms with E-state index in [9.17, 15) is 0 Å². The molecule has 3 N–H and O–H groups in total. The molecule has 0 aliphatic carbocycles. The minimum atomic E-state index is 0.317. The van der Waals surface area contributed by atoms with Crippen molar-refractivity contribution in [1.82, 2.24) is 15.2 Å². The summed E-state index contributed by atoms with van der Waals surface area (Å²) in [4.78, 5) is 6.08. The number of nitrogens with zero attached hydrogens (tertiary/aromatic N) is 3. The second-order valence-electron chi connectivity index (χ2n) is 3.40. The van der Waals surface area contributed by atoms with Gasteiger partial charge in [-0.05, 0) is 13.8 Å². The third kappa shape index (κ3) is 5.01. The predicted octanol–water partition coefficient (Wildman–Crippen LogP) is 0.266. The maximum absolute atomic E-state index is 5.51. The summed E-state index contributed by atoms with van der Waals surface area (Å²) in [6, 6.07) is 0. The number of nitrogen functional groups attached to an aromatic ring is 1. The average molecular weight is 243 g/mol. The second-order valence-corrected chi connectivity index (χ2v) is 3.40. The summed E-state index contributed by atoms with van der Waals surface area (Å²) in [6.45, 7) is 8.06. The number of hydrogen-bond acceptors (Lipinski definition) is 6. The zero-order chi connectivity index (χ0) is 12.5. The molecule has 7 heteroatoms. The number of ether oxygens (including phenoxy) is 2. The Kier molecular flexibility index (Phi) is 6.34. The largest absolute Gasteiger partial charge is 0.380 e. The van der Waals surface area contributed by atoms with E-state index in [1.807, 2.05) is 18.7 Å². The normalized spacial score (nSPS) is 10.7. The lowest BCUT2D eigenvalue weighted by Crippen LogP contribution is -2.32. The van der Waals surface area contributed by atoms with Crippen LogP contribution in [0.15, 0.2) is 0 Å². The summed E-state index contributed by atoms with van der Waals surface area (Å²) in [5.74, 6) is 0.903. The number of nitrogens with two attached hydrogens (primary N) is 1. The van der Waals surface area contributed by atoms with E-state index in [-0.39, 0.29) is 0 Å². The van der Waals surface area contributed by atoms with Crippen molar-refractivity contribution < 1.29 is 9.47 Å². The van der Waals surface area contributed by atoms with Gasteiger partial charge in [-0.15, -0.1) is 5.10 Å². The number of nitrogens with one attached hydrogen (secondary N) is 1. The van der Waals surface area contributed by atoms with Gasteiger partial charge in [0.25, 0.3) is 0 Å². The first kappa shape index (κ1) is 13.7. The lowest BCUT2D eigenvalue weighted by molar-refractivity contribution is 0.141. The van der Waals surface area contributed by atoms with E-state index >= 15 is 0 Å². The fraction of sp³-hybridized carbons (Fsp3) is 0.800. The number of anilines is 2. The molecule has 0 saturated heterocycles. The molecule has 0 aliphatic heterocycles. The van der Waals surface area contributed by atoms with Gasteiger partial charge in [-0.1, -0.05) is 0 Å². The van der Waals surface area contributed by atoms with Crippen molar-refractivity contribution >= 4 is 11.9 Å². The molecule has 0 saturated carbocycles. The van der Waals surface area contributed by atoms with Crippen LogP contribution in [0.25, 0.3) is 0 Å². The lowest BCUT2D eigenvalue weighted by atomic mass is 10.5. The molecule has 0 amide bonds. The van der Waals surface area contributed by atoms with Crippen LogP contribution in [-0.4, -0.2) is 54.7 Å². The Morgan fingerprint density at radius 1 is 1.18 bits per heavy atom. The zero-order valence-corrected chi connectivity index (χ0v) is 10.5. The molecule has 0 aromatic carbocycles. The highest BCUT2D eigenvalue weighted by Gasteiger charge is 2.11. The first-order valence-electron chi connectivity index (χ1n) is 5.86. The van der Waals surface area contributed by atoms with Crippen molar-refractivity contribution in [3.05, 3.63) is 0 Å². The van der Waals surface area contributed by atoms with Crippen molar-refractivity contribution in [1.29, 1.82) is 0 Å². The first-order valence-corrected chi connectivity index (χ1v) is 5.86. The summed E-state index contributed by atoms with van der Waals surface area (Å²) >= 11 is 0. The molecular weight excluding hydrogens is 222 g/mol. The van der Waals surface area contributed by atoms with Crippen LogP contribution in [0.2, 0.25) is 0 Å². The number of hydrogen-bond donors (Lipinski definition) is 2. The van der Waals surface area contributed by atoms with Crippen LogP contribution in [0, 0.1) is 0 Å². The van der Waals surface area contributed by atoms with E-state index in [4.69, 9.17) is 15.2 Å². The van der Waals surface area contributed by atoms with Crippen molar-refractivity contribution in [2.75, 3.05) is 50.2 Å². The Bertz CT molecular complexity index is 295. The molecule has 0 unspecified atom stereocenters. The fourth-order valence-electron chi connectivity index (χ4n) is 1.36. The maximum atomic E-state index is 5.51. The molecule has 1 rings (SSSR count). The summed E-state index contributed by atoms with van der Waals surface area (Å²) in [6.07, 6.45) is 0. The zero-order valence-electron chi connectivity index (χ0n) is 10.5. The number of aromatic amines is 1. The second kappa shape index (κ2) is 7.86. The van der Waals surface area contributed by atoms with Crippen molar-refractivity contribution in [3.8, 4) is 0 Å². The molecule has 1 aromatic heterocycles. The number of aromatic nitrogens is 3. The molecule has 7 nitrogen and oxygen atoms in total. The van der Waals surface area contributed by atoms with E-state index in [0.717, 1.165) is 13.1 Å². The smallest absolute Gasteiger partial charge is 0.246 e. The topological polar surface area (TPSA) is 89.3 Å². The van der Waals surface area contributed by atoms with Crippen molar-refractivity contribution in [2.24, 2.45) is 0 Å². The van der Waals surface area contributed by atoms with Crippen LogP contribution in [0.3, 0.4) is 0 Å². The number of rotatable bonds is 9. The predicted molar refractivity (Wildman–Crippen MR) is 66.0 cm³/mol. The SMILES string of the molecule is CCOCCN(CCOCC)c1n[nH]c(N)n1. The molecule has 0 radical (unpaired) electrons. The highest BCUT2D eigenvalue weighted by atomic mass is 16.5. The molecular formula is C10H21N5O2. The van der Waals surface area contributed by atoms with E-state index in [0.29, 0.717) is 38.3 Å². The fourth-order valence-corrected chi connectivity index (χ4v) is 1.36. The van der Waals surface area contributed by atoms with Gasteiger partial charge < -0.3 is 20.1 Å². The molecule has 98 valence electrons. The third-order valence-electron chi connectivity index (χ3n) is 2.19. The summed E-state index contributed by atoms with van der Waals surface area (Å²) in [5.41, 5.74) is 5.51. The van der Waals surface area contributed by atoms with Gasteiger partial charge in [-0.2, -0.15) is 4.98 Å². The molecule has 0 spiro atoms. The van der Waals surface area contributed by atoms with Gasteiger partial charge in [0.15, 0.2) is 0 Å². The first-order chi connectivity index (χ1) is 8.27. The molecule has 1 aromatic rings. The Hall–Kier alpha value is -1.34. The Morgan fingerprint density at radius 2 is 1.76 bits per heavy atom. The summed E-state index contributed by atoms with van der Waals surface area (Å²) in [5, 5.41) is 6.65. The minimum Gasteiger partial charge on any atom is -0.380 e. The maximum Gasteiger partial charge on any atom is 0.246 e. The van der Waals surface area contributed by atoms with E-state index in [1.165, 1.54) is 0 Å². The van der Waals surface area contributed by atoms with Crippen LogP contribution in [0.5, 0.6) is 0 Å². The lowest BCUT2D eigenvalue weighted by Gasteiger charge is -2.20. The third-order valence-corrected chi connectivity index (χ3v) is 2.19. The highest BCUT2D eigenvalue weighted by molar-refractivity contribution is 5.33. The molecule has 1 heterocycles. The number of H-pyrrole nitrogens is 1. The molecule has 0 aliphatic rings. The molecule has 17 heavy (non-hydrogen) atoms. The standard InChI is InChI=1S/C10H21N5O2/c1-3-16-7-5-15(6-8-17-4-2)10-12-9(11)13-14-10/h3-8H2,1-2H3,(H3,11,12,13,14). The van der Waals surface area contributed by atoms with Crippen LogP contribution in [-0.2, 0) is 9.47 Å². The van der Waals surface area contributed by atoms with Gasteiger partial charge in [-0.25, -0.2) is 5.10 Å².